The first kappa shape index (κ1) is 19.0. The Morgan fingerprint density at radius 3 is 2.67 bits per heavy atom. The minimum Gasteiger partial charge on any atom is -0.459 e. The van der Waals surface area contributed by atoms with E-state index in [1.165, 1.54) is 43.5 Å². The van der Waals surface area contributed by atoms with Crippen LogP contribution in [0.1, 0.15) is 15.9 Å². The van der Waals surface area contributed by atoms with Crippen molar-refractivity contribution in [2.75, 3.05) is 5.32 Å². The van der Waals surface area contributed by atoms with E-state index in [2.05, 4.69) is 15.5 Å². The van der Waals surface area contributed by atoms with Crippen molar-refractivity contribution in [1.82, 2.24) is 10.2 Å². The second-order valence-corrected chi connectivity index (χ2v) is 6.25. The average molecular weight is 408 g/mol. The normalized spacial score (nSPS) is 10.7. The van der Waals surface area contributed by atoms with E-state index in [0.717, 1.165) is 6.07 Å². The summed E-state index contributed by atoms with van der Waals surface area (Å²) in [6.07, 6.45) is 1.46. The van der Waals surface area contributed by atoms with Crippen LogP contribution in [-0.4, -0.2) is 21.0 Å². The number of amides is 1. The lowest BCUT2D eigenvalue weighted by atomic mass is 10.1. The third-order valence-electron chi connectivity index (χ3n) is 4.36. The summed E-state index contributed by atoms with van der Waals surface area (Å²) in [6, 6.07) is 11.3. The summed E-state index contributed by atoms with van der Waals surface area (Å²) in [5, 5.41) is 21.3. The van der Waals surface area contributed by atoms with Crippen LogP contribution in [0.5, 0.6) is 0 Å². The van der Waals surface area contributed by atoms with E-state index in [9.17, 15) is 19.3 Å². The van der Waals surface area contributed by atoms with Crippen LogP contribution in [0, 0.1) is 22.9 Å². The molecule has 0 fully saturated rings. The van der Waals surface area contributed by atoms with Crippen LogP contribution in [0.2, 0.25) is 0 Å². The second-order valence-electron chi connectivity index (χ2n) is 6.25. The fraction of sp³-hybridized carbons (Fsp3) is 0.0500. The number of aromatic nitrogens is 2. The number of anilines is 1. The van der Waals surface area contributed by atoms with Crippen molar-refractivity contribution >= 4 is 17.3 Å². The second kappa shape index (κ2) is 7.59. The van der Waals surface area contributed by atoms with Crippen molar-refractivity contribution in [3.63, 3.8) is 0 Å². The van der Waals surface area contributed by atoms with E-state index < -0.39 is 16.6 Å². The first-order chi connectivity index (χ1) is 14.4. The third-order valence-corrected chi connectivity index (χ3v) is 4.36. The van der Waals surface area contributed by atoms with E-state index in [4.69, 9.17) is 8.83 Å². The van der Waals surface area contributed by atoms with Gasteiger partial charge in [-0.1, -0.05) is 6.07 Å². The summed E-state index contributed by atoms with van der Waals surface area (Å²) in [5.74, 6) is -0.749. The first-order valence-electron chi connectivity index (χ1n) is 8.66. The number of nitro groups is 1. The van der Waals surface area contributed by atoms with Gasteiger partial charge in [-0.25, -0.2) is 4.39 Å². The Morgan fingerprint density at radius 2 is 1.93 bits per heavy atom. The van der Waals surface area contributed by atoms with Gasteiger partial charge in [0.1, 0.15) is 5.82 Å². The van der Waals surface area contributed by atoms with E-state index in [1.54, 1.807) is 12.1 Å². The largest absolute Gasteiger partial charge is 0.459 e. The predicted molar refractivity (Wildman–Crippen MR) is 103 cm³/mol. The zero-order valence-corrected chi connectivity index (χ0v) is 15.5. The highest BCUT2D eigenvalue weighted by Gasteiger charge is 2.20. The van der Waals surface area contributed by atoms with Gasteiger partial charge in [-0.2, -0.15) is 0 Å². The molecule has 30 heavy (non-hydrogen) atoms. The topological polar surface area (TPSA) is 124 Å². The van der Waals surface area contributed by atoms with Crippen molar-refractivity contribution in [3.8, 4) is 23.1 Å². The molecule has 4 aromatic rings. The van der Waals surface area contributed by atoms with Gasteiger partial charge >= 0.3 is 0 Å². The van der Waals surface area contributed by atoms with Crippen molar-refractivity contribution in [3.05, 3.63) is 81.9 Å². The molecule has 10 heteroatoms. The predicted octanol–water partition coefficient (Wildman–Crippen LogP) is 4.60. The van der Waals surface area contributed by atoms with Gasteiger partial charge in [0, 0.05) is 22.8 Å². The zero-order valence-electron chi connectivity index (χ0n) is 15.5. The summed E-state index contributed by atoms with van der Waals surface area (Å²) in [4.78, 5) is 23.1. The Labute approximate surface area is 168 Å². The lowest BCUT2D eigenvalue weighted by Gasteiger charge is -2.09. The van der Waals surface area contributed by atoms with Crippen LogP contribution < -0.4 is 5.32 Å². The van der Waals surface area contributed by atoms with Crippen LogP contribution >= 0.6 is 0 Å². The number of nitro benzene ring substituents is 1. The maximum absolute atomic E-state index is 14.3. The summed E-state index contributed by atoms with van der Waals surface area (Å²) in [7, 11) is 0. The number of hydrogen-bond donors (Lipinski definition) is 1. The molecule has 0 bridgehead atoms. The molecule has 0 aliphatic carbocycles. The minimum absolute atomic E-state index is 0.0619. The molecule has 2 heterocycles. The molecule has 1 N–H and O–H groups in total. The molecule has 0 aliphatic rings. The standard InChI is InChI=1S/C20H13FN4O5/c1-11-13(4-2-5-16(11)25(27)28)18(26)22-15-10-12(7-8-14(15)21)19-23-24-20(30-19)17-6-3-9-29-17/h2-10H,1H3,(H,22,26). The van der Waals surface area contributed by atoms with Gasteiger partial charge in [0.15, 0.2) is 5.76 Å². The van der Waals surface area contributed by atoms with Crippen LogP contribution in [-0.2, 0) is 0 Å². The highest BCUT2D eigenvalue weighted by atomic mass is 19.1. The van der Waals surface area contributed by atoms with Crippen molar-refractivity contribution < 1.29 is 22.9 Å². The molecule has 2 aromatic heterocycles. The van der Waals surface area contributed by atoms with Crippen LogP contribution in [0.25, 0.3) is 23.1 Å². The minimum atomic E-state index is -0.694. The van der Waals surface area contributed by atoms with Crippen LogP contribution in [0.15, 0.2) is 63.6 Å². The fourth-order valence-corrected chi connectivity index (χ4v) is 2.85. The van der Waals surface area contributed by atoms with Crippen molar-refractivity contribution in [1.29, 1.82) is 0 Å². The molecular formula is C20H13FN4O5. The molecule has 9 nitrogen and oxygen atoms in total. The number of hydrogen-bond acceptors (Lipinski definition) is 7. The van der Waals surface area contributed by atoms with Crippen molar-refractivity contribution in [2.45, 2.75) is 6.92 Å². The summed E-state index contributed by atoms with van der Waals surface area (Å²) in [6.45, 7) is 1.45. The summed E-state index contributed by atoms with van der Waals surface area (Å²) >= 11 is 0. The molecule has 0 spiro atoms. The number of furan rings is 1. The number of benzene rings is 2. The molecule has 0 aliphatic heterocycles. The van der Waals surface area contributed by atoms with E-state index in [0.29, 0.717) is 11.3 Å². The van der Waals surface area contributed by atoms with Gasteiger partial charge in [-0.15, -0.1) is 10.2 Å². The molecule has 4 rings (SSSR count). The monoisotopic (exact) mass is 408 g/mol. The number of rotatable bonds is 5. The van der Waals surface area contributed by atoms with Gasteiger partial charge in [-0.3, -0.25) is 14.9 Å². The van der Waals surface area contributed by atoms with Crippen molar-refractivity contribution in [2.24, 2.45) is 0 Å². The number of nitrogens with zero attached hydrogens (tertiary/aromatic N) is 3. The highest BCUT2D eigenvalue weighted by molar-refractivity contribution is 6.06. The van der Waals surface area contributed by atoms with Crippen LogP contribution in [0.4, 0.5) is 15.8 Å². The van der Waals surface area contributed by atoms with E-state index in [1.807, 2.05) is 0 Å². The maximum Gasteiger partial charge on any atom is 0.283 e. The zero-order chi connectivity index (χ0) is 21.3. The first-order valence-corrected chi connectivity index (χ1v) is 8.66. The highest BCUT2D eigenvalue weighted by Crippen LogP contribution is 2.28. The van der Waals surface area contributed by atoms with Gasteiger partial charge < -0.3 is 14.2 Å². The molecule has 1 amide bonds. The third kappa shape index (κ3) is 3.53. The van der Waals surface area contributed by atoms with Crippen LogP contribution in [0.3, 0.4) is 0 Å². The Balaban J connectivity index is 1.62. The lowest BCUT2D eigenvalue weighted by molar-refractivity contribution is -0.385. The molecule has 0 radical (unpaired) electrons. The Kier molecular flexibility index (Phi) is 4.80. The fourth-order valence-electron chi connectivity index (χ4n) is 2.85. The van der Waals surface area contributed by atoms with Gasteiger partial charge in [0.2, 0.25) is 5.89 Å². The van der Waals surface area contributed by atoms with Gasteiger partial charge in [-0.05, 0) is 43.3 Å². The SMILES string of the molecule is Cc1c(C(=O)Nc2cc(-c3nnc(-c4ccco4)o3)ccc2F)cccc1[N+](=O)[O-]. The van der Waals surface area contributed by atoms with E-state index >= 15 is 0 Å². The Morgan fingerprint density at radius 1 is 1.13 bits per heavy atom. The summed E-state index contributed by atoms with van der Waals surface area (Å²) < 4.78 is 25.0. The number of carbonyl (C=O) groups excluding carboxylic acids is 1. The molecule has 2 aromatic carbocycles. The molecule has 0 saturated carbocycles. The summed E-state index contributed by atoms with van der Waals surface area (Å²) in [5.41, 5.74) is 0.269. The Bertz CT molecular complexity index is 1250. The number of nitrogens with one attached hydrogen (secondary N) is 1. The molecule has 150 valence electrons. The molecule has 0 saturated heterocycles. The molecular weight excluding hydrogens is 395 g/mol. The van der Waals surface area contributed by atoms with E-state index in [-0.39, 0.29) is 34.3 Å². The van der Waals surface area contributed by atoms with Gasteiger partial charge in [0.05, 0.1) is 16.9 Å². The maximum atomic E-state index is 14.3. The average Bonchev–Trinajstić information content (AvgIpc) is 3.41. The Hall–Kier alpha value is -4.34. The molecule has 0 unspecified atom stereocenters. The smallest absolute Gasteiger partial charge is 0.283 e. The molecule has 0 atom stereocenters. The quantitative estimate of drug-likeness (QED) is 0.378. The number of halogens is 1. The van der Waals surface area contributed by atoms with Gasteiger partial charge in [0.25, 0.3) is 17.5 Å². The number of carbonyl (C=O) groups is 1. The lowest BCUT2D eigenvalue weighted by Crippen LogP contribution is -2.15.